The average molecular weight is 200 g/mol. The highest BCUT2D eigenvalue weighted by Gasteiger charge is 2.11. The quantitative estimate of drug-likeness (QED) is 0.701. The molecule has 0 aliphatic rings. The van der Waals surface area contributed by atoms with Crippen LogP contribution in [0.1, 0.15) is 29.3 Å². The van der Waals surface area contributed by atoms with Gasteiger partial charge >= 0.3 is 0 Å². The summed E-state index contributed by atoms with van der Waals surface area (Å²) < 4.78 is 29.5. The molecule has 0 saturated heterocycles. The molecule has 0 aliphatic carbocycles. The van der Waals surface area contributed by atoms with Gasteiger partial charge < -0.3 is 4.74 Å². The Morgan fingerprint density at radius 1 is 1.36 bits per heavy atom. The van der Waals surface area contributed by atoms with Crippen LogP contribution in [0.2, 0.25) is 0 Å². The van der Waals surface area contributed by atoms with Crippen LogP contribution in [-0.4, -0.2) is 12.9 Å². The highest BCUT2D eigenvalue weighted by Crippen LogP contribution is 2.25. The molecule has 0 radical (unpaired) electrons. The minimum atomic E-state index is -2.59. The van der Waals surface area contributed by atoms with Gasteiger partial charge in [-0.3, -0.25) is 4.79 Å². The standard InChI is InChI=1S/C10H10F2O2/c1-6(13)7-3-8(10(11)12)5-9(4-7)14-2/h3-5,10H,1-2H3. The highest BCUT2D eigenvalue weighted by molar-refractivity contribution is 5.94. The summed E-state index contributed by atoms with van der Waals surface area (Å²) in [6.07, 6.45) is -2.59. The van der Waals surface area contributed by atoms with E-state index in [0.717, 1.165) is 0 Å². The number of carbonyl (C=O) groups is 1. The Kier molecular flexibility index (Phi) is 3.17. The number of Topliss-reactive ketones (excluding diaryl/α,β-unsaturated/α-hetero) is 1. The van der Waals surface area contributed by atoms with E-state index >= 15 is 0 Å². The molecule has 0 spiro atoms. The molecular formula is C10H10F2O2. The number of ketones is 1. The summed E-state index contributed by atoms with van der Waals surface area (Å²) in [5.41, 5.74) is 0.0363. The molecule has 2 nitrogen and oxygen atoms in total. The second kappa shape index (κ2) is 4.17. The van der Waals surface area contributed by atoms with E-state index < -0.39 is 6.43 Å². The van der Waals surface area contributed by atoms with E-state index in [1.54, 1.807) is 0 Å². The third-order valence-corrected chi connectivity index (χ3v) is 1.82. The number of rotatable bonds is 3. The van der Waals surface area contributed by atoms with Crippen LogP contribution < -0.4 is 4.74 Å². The summed E-state index contributed by atoms with van der Waals surface area (Å²) in [5.74, 6) is 0.0128. The summed E-state index contributed by atoms with van der Waals surface area (Å²) >= 11 is 0. The fourth-order valence-corrected chi connectivity index (χ4v) is 1.07. The summed E-state index contributed by atoms with van der Waals surface area (Å²) in [4.78, 5) is 11.0. The summed E-state index contributed by atoms with van der Waals surface area (Å²) in [5, 5.41) is 0. The van der Waals surface area contributed by atoms with Crippen molar-refractivity contribution in [2.24, 2.45) is 0 Å². The molecule has 0 unspecified atom stereocenters. The van der Waals surface area contributed by atoms with Gasteiger partial charge in [0, 0.05) is 11.1 Å². The van der Waals surface area contributed by atoms with Crippen molar-refractivity contribution in [2.75, 3.05) is 7.11 Å². The summed E-state index contributed by atoms with van der Waals surface area (Å²) in [7, 11) is 1.37. The lowest BCUT2D eigenvalue weighted by molar-refractivity contribution is 0.101. The number of hydrogen-bond acceptors (Lipinski definition) is 2. The molecule has 1 aromatic rings. The Bertz CT molecular complexity index is 348. The van der Waals surface area contributed by atoms with E-state index in [4.69, 9.17) is 4.74 Å². The van der Waals surface area contributed by atoms with Crippen LogP contribution in [0.15, 0.2) is 18.2 Å². The number of benzene rings is 1. The molecule has 1 aromatic carbocycles. The van der Waals surface area contributed by atoms with Crippen LogP contribution in [0, 0.1) is 0 Å². The van der Waals surface area contributed by atoms with Gasteiger partial charge in [0.1, 0.15) is 5.75 Å². The van der Waals surface area contributed by atoms with Crippen LogP contribution in [-0.2, 0) is 0 Å². The molecule has 0 aromatic heterocycles. The normalized spacial score (nSPS) is 10.4. The van der Waals surface area contributed by atoms with E-state index in [0.29, 0.717) is 0 Å². The Morgan fingerprint density at radius 3 is 2.43 bits per heavy atom. The van der Waals surface area contributed by atoms with Crippen LogP contribution in [0.25, 0.3) is 0 Å². The van der Waals surface area contributed by atoms with Gasteiger partial charge in [0.2, 0.25) is 0 Å². The van der Waals surface area contributed by atoms with E-state index in [-0.39, 0.29) is 22.7 Å². The second-order valence-electron chi connectivity index (χ2n) is 2.85. The van der Waals surface area contributed by atoms with Crippen molar-refractivity contribution >= 4 is 5.78 Å². The Labute approximate surface area is 80.5 Å². The minimum Gasteiger partial charge on any atom is -0.497 e. The zero-order valence-corrected chi connectivity index (χ0v) is 7.88. The van der Waals surface area contributed by atoms with Gasteiger partial charge in [-0.2, -0.15) is 0 Å². The van der Waals surface area contributed by atoms with Crippen LogP contribution in [0.3, 0.4) is 0 Å². The predicted molar refractivity (Wildman–Crippen MR) is 48.0 cm³/mol. The molecule has 0 bridgehead atoms. The van der Waals surface area contributed by atoms with Crippen LogP contribution in [0.5, 0.6) is 5.75 Å². The lowest BCUT2D eigenvalue weighted by atomic mass is 10.1. The molecule has 0 fully saturated rings. The molecular weight excluding hydrogens is 190 g/mol. The van der Waals surface area contributed by atoms with E-state index in [9.17, 15) is 13.6 Å². The number of alkyl halides is 2. The number of methoxy groups -OCH3 is 1. The number of hydrogen-bond donors (Lipinski definition) is 0. The number of halogens is 2. The van der Waals surface area contributed by atoms with Crippen molar-refractivity contribution in [3.63, 3.8) is 0 Å². The van der Waals surface area contributed by atoms with Gasteiger partial charge in [-0.1, -0.05) is 0 Å². The zero-order chi connectivity index (χ0) is 10.7. The maximum absolute atomic E-state index is 12.4. The largest absolute Gasteiger partial charge is 0.497 e. The Morgan fingerprint density at radius 2 is 2.00 bits per heavy atom. The van der Waals surface area contributed by atoms with Gasteiger partial charge in [0.15, 0.2) is 5.78 Å². The van der Waals surface area contributed by atoms with Crippen molar-refractivity contribution in [2.45, 2.75) is 13.3 Å². The topological polar surface area (TPSA) is 26.3 Å². The molecule has 76 valence electrons. The van der Waals surface area contributed by atoms with Crippen molar-refractivity contribution in [3.05, 3.63) is 29.3 Å². The third-order valence-electron chi connectivity index (χ3n) is 1.82. The van der Waals surface area contributed by atoms with E-state index in [1.165, 1.54) is 32.2 Å². The first kappa shape index (κ1) is 10.6. The first-order chi connectivity index (χ1) is 6.54. The van der Waals surface area contributed by atoms with E-state index in [2.05, 4.69) is 0 Å². The lowest BCUT2D eigenvalue weighted by Gasteiger charge is -2.06. The van der Waals surface area contributed by atoms with Gasteiger partial charge in [0.25, 0.3) is 6.43 Å². The average Bonchev–Trinajstić information content (AvgIpc) is 2.16. The van der Waals surface area contributed by atoms with Crippen molar-refractivity contribution in [1.82, 2.24) is 0 Å². The minimum absolute atomic E-state index is 0.199. The van der Waals surface area contributed by atoms with E-state index in [1.807, 2.05) is 0 Å². The Hall–Kier alpha value is -1.45. The SMILES string of the molecule is COc1cc(C(C)=O)cc(C(F)F)c1. The first-order valence-corrected chi connectivity index (χ1v) is 4.02. The van der Waals surface area contributed by atoms with Crippen LogP contribution >= 0.6 is 0 Å². The summed E-state index contributed by atoms with van der Waals surface area (Å²) in [6.45, 7) is 1.32. The van der Waals surface area contributed by atoms with Gasteiger partial charge in [-0.25, -0.2) is 8.78 Å². The number of ether oxygens (including phenoxy) is 1. The van der Waals surface area contributed by atoms with Gasteiger partial charge in [0.05, 0.1) is 7.11 Å². The molecule has 4 heteroatoms. The smallest absolute Gasteiger partial charge is 0.264 e. The molecule has 0 N–H and O–H groups in total. The fourth-order valence-electron chi connectivity index (χ4n) is 1.07. The summed E-state index contributed by atoms with van der Waals surface area (Å²) in [6, 6.07) is 3.83. The predicted octanol–water partition coefficient (Wildman–Crippen LogP) is 2.84. The van der Waals surface area contributed by atoms with Crippen molar-refractivity contribution in [1.29, 1.82) is 0 Å². The molecule has 0 saturated carbocycles. The zero-order valence-electron chi connectivity index (χ0n) is 7.88. The highest BCUT2D eigenvalue weighted by atomic mass is 19.3. The van der Waals surface area contributed by atoms with Gasteiger partial charge in [-0.15, -0.1) is 0 Å². The van der Waals surface area contributed by atoms with Crippen LogP contribution in [0.4, 0.5) is 8.78 Å². The first-order valence-electron chi connectivity index (χ1n) is 4.02. The fraction of sp³-hybridized carbons (Fsp3) is 0.300. The Balaban J connectivity index is 3.20. The van der Waals surface area contributed by atoms with Crippen molar-refractivity contribution in [3.8, 4) is 5.75 Å². The lowest BCUT2D eigenvalue weighted by Crippen LogP contribution is -1.96. The maximum Gasteiger partial charge on any atom is 0.264 e. The molecule has 0 heterocycles. The molecule has 0 amide bonds. The second-order valence-corrected chi connectivity index (χ2v) is 2.85. The maximum atomic E-state index is 12.4. The molecule has 14 heavy (non-hydrogen) atoms. The van der Waals surface area contributed by atoms with Crippen molar-refractivity contribution < 1.29 is 18.3 Å². The monoisotopic (exact) mass is 200 g/mol. The number of carbonyl (C=O) groups excluding carboxylic acids is 1. The van der Waals surface area contributed by atoms with Gasteiger partial charge in [-0.05, 0) is 25.1 Å². The molecule has 0 aliphatic heterocycles. The molecule has 0 atom stereocenters. The molecule has 1 rings (SSSR count). The third kappa shape index (κ3) is 2.28.